The third-order valence-electron chi connectivity index (χ3n) is 6.09. The molecule has 84 valence electrons. The topological polar surface area (TPSA) is 0 Å². The minimum absolute atomic E-state index is 0.836. The molecule has 4 atom stereocenters. The van der Waals surface area contributed by atoms with Gasteiger partial charge in [0.1, 0.15) is 0 Å². The lowest BCUT2D eigenvalue weighted by Crippen LogP contribution is -2.38. The molecule has 5 saturated carbocycles. The number of rotatable bonds is 2. The molecule has 5 aliphatic carbocycles. The highest BCUT2D eigenvalue weighted by atomic mass is 28.3. The highest BCUT2D eigenvalue weighted by Gasteiger charge is 2.81. The molecule has 0 saturated heterocycles. The summed E-state index contributed by atoms with van der Waals surface area (Å²) in [5, 5.41) is 0. The zero-order valence-corrected chi connectivity index (χ0v) is 11.5. The van der Waals surface area contributed by atoms with E-state index in [-0.39, 0.29) is 0 Å². The molecule has 2 unspecified atom stereocenters. The molecule has 2 spiro atoms. The van der Waals surface area contributed by atoms with E-state index in [0.29, 0.717) is 0 Å². The predicted molar refractivity (Wildman–Crippen MR) is 66.6 cm³/mol. The van der Waals surface area contributed by atoms with E-state index in [1.807, 2.05) is 0 Å². The molecule has 0 amide bonds. The van der Waals surface area contributed by atoms with Gasteiger partial charge in [-0.1, -0.05) is 25.7 Å². The van der Waals surface area contributed by atoms with Crippen LogP contribution in [0.3, 0.4) is 0 Å². The van der Waals surface area contributed by atoms with Crippen LogP contribution in [0.15, 0.2) is 0 Å². The fraction of sp³-hybridized carbons (Fsp3) is 1.00. The van der Waals surface area contributed by atoms with Crippen LogP contribution < -0.4 is 0 Å². The maximum atomic E-state index is 2.58. The van der Waals surface area contributed by atoms with Crippen LogP contribution in [0.25, 0.3) is 0 Å². The van der Waals surface area contributed by atoms with Gasteiger partial charge in [0, 0.05) is 8.07 Å². The van der Waals surface area contributed by atoms with Crippen molar-refractivity contribution in [3.8, 4) is 0 Å². The Morgan fingerprint density at radius 3 is 2.00 bits per heavy atom. The van der Waals surface area contributed by atoms with Crippen LogP contribution in [-0.2, 0) is 0 Å². The molecule has 0 aromatic heterocycles. The molecule has 0 aliphatic heterocycles. The molecule has 1 heteroatoms. The predicted octanol–water partition coefficient (Wildman–Crippen LogP) is 4.30. The first kappa shape index (κ1) is 9.27. The van der Waals surface area contributed by atoms with E-state index < -0.39 is 8.07 Å². The van der Waals surface area contributed by atoms with E-state index in [2.05, 4.69) is 19.6 Å². The monoisotopic (exact) mass is 220 g/mol. The average molecular weight is 220 g/mol. The smallest absolute Gasteiger partial charge is 0.0448 e. The van der Waals surface area contributed by atoms with Gasteiger partial charge >= 0.3 is 0 Å². The van der Waals surface area contributed by atoms with Gasteiger partial charge in [-0.2, -0.15) is 0 Å². The Balaban J connectivity index is 1.67. The Kier molecular flexibility index (Phi) is 1.31. The lowest BCUT2D eigenvalue weighted by molar-refractivity contribution is 0.105. The summed E-state index contributed by atoms with van der Waals surface area (Å²) in [6, 6.07) is 1.64. The third-order valence-corrected chi connectivity index (χ3v) is 7.90. The van der Waals surface area contributed by atoms with Gasteiger partial charge in [-0.05, 0) is 60.7 Å². The molecule has 0 N–H and O–H groups in total. The van der Waals surface area contributed by atoms with Crippen molar-refractivity contribution in [2.45, 2.75) is 64.2 Å². The van der Waals surface area contributed by atoms with Crippen LogP contribution in [-0.4, -0.2) is 8.07 Å². The summed E-state index contributed by atoms with van der Waals surface area (Å²) in [6.45, 7) is 7.74. The van der Waals surface area contributed by atoms with Gasteiger partial charge in [0.05, 0.1) is 0 Å². The van der Waals surface area contributed by atoms with Crippen molar-refractivity contribution in [2.24, 2.45) is 22.2 Å². The molecule has 15 heavy (non-hydrogen) atoms. The van der Waals surface area contributed by atoms with Crippen molar-refractivity contribution in [1.29, 1.82) is 0 Å². The van der Waals surface area contributed by atoms with Crippen LogP contribution in [0, 0.1) is 22.2 Å². The minimum atomic E-state index is -0.836. The molecule has 0 aromatic rings. The average Bonchev–Trinajstić information content (AvgIpc) is 2.32. The highest BCUT2D eigenvalue weighted by molar-refractivity contribution is 6.76. The van der Waals surface area contributed by atoms with Crippen LogP contribution >= 0.6 is 0 Å². The fourth-order valence-electron chi connectivity index (χ4n) is 6.72. The second-order valence-corrected chi connectivity index (χ2v) is 14.3. The molecule has 5 rings (SSSR count). The van der Waals surface area contributed by atoms with Gasteiger partial charge in [0.15, 0.2) is 0 Å². The van der Waals surface area contributed by atoms with Gasteiger partial charge < -0.3 is 0 Å². The minimum Gasteiger partial charge on any atom is -0.0695 e. The highest BCUT2D eigenvalue weighted by Crippen LogP contribution is 2.90. The van der Waals surface area contributed by atoms with E-state index >= 15 is 0 Å². The van der Waals surface area contributed by atoms with E-state index in [4.69, 9.17) is 0 Å². The molecule has 0 heterocycles. The molecule has 5 fully saturated rings. The molecule has 0 radical (unpaired) electrons. The normalized spacial score (nSPS) is 59.8. The second-order valence-electron chi connectivity index (χ2n) is 8.81. The number of hydrogen-bond acceptors (Lipinski definition) is 0. The number of hydrogen-bond donors (Lipinski definition) is 0. The van der Waals surface area contributed by atoms with Crippen molar-refractivity contribution in [2.75, 3.05) is 0 Å². The Hall–Kier alpha value is 0.217. The zero-order valence-electron chi connectivity index (χ0n) is 10.5. The first-order valence-corrected chi connectivity index (χ1v) is 10.6. The van der Waals surface area contributed by atoms with Gasteiger partial charge in [0.2, 0.25) is 0 Å². The van der Waals surface area contributed by atoms with Gasteiger partial charge in [0.25, 0.3) is 0 Å². The molecule has 4 bridgehead atoms. The summed E-state index contributed by atoms with van der Waals surface area (Å²) in [7, 11) is -0.836. The lowest BCUT2D eigenvalue weighted by Gasteiger charge is -2.46. The van der Waals surface area contributed by atoms with Crippen molar-refractivity contribution in [3.63, 3.8) is 0 Å². The van der Waals surface area contributed by atoms with E-state index in [1.165, 1.54) is 0 Å². The largest absolute Gasteiger partial charge is 0.0695 e. The summed E-state index contributed by atoms with van der Waals surface area (Å²) < 4.78 is 0. The fourth-order valence-corrected chi connectivity index (χ4v) is 9.37. The van der Waals surface area contributed by atoms with Crippen LogP contribution in [0.1, 0.15) is 38.5 Å². The van der Waals surface area contributed by atoms with Crippen molar-refractivity contribution in [1.82, 2.24) is 0 Å². The van der Waals surface area contributed by atoms with Crippen LogP contribution in [0.2, 0.25) is 25.7 Å². The van der Waals surface area contributed by atoms with E-state index in [9.17, 15) is 0 Å². The third kappa shape index (κ3) is 0.993. The summed E-state index contributed by atoms with van der Waals surface area (Å²) in [6.07, 6.45) is 9.85. The van der Waals surface area contributed by atoms with Crippen LogP contribution in [0.4, 0.5) is 0 Å². The molecular formula is C14H24Si. The Bertz CT molecular complexity index is 314. The standard InChI is InChI=1S/C14H24Si/c1-15(2,3)10-12-4-11-5-13(7-12)9-14(13,6-11)8-12/h11H,4-10H2,1-3H3/t11?,12?,13-,14+. The Morgan fingerprint density at radius 1 is 0.933 bits per heavy atom. The Morgan fingerprint density at radius 2 is 1.53 bits per heavy atom. The molecule has 0 aromatic carbocycles. The van der Waals surface area contributed by atoms with Crippen molar-refractivity contribution in [3.05, 3.63) is 0 Å². The van der Waals surface area contributed by atoms with Crippen molar-refractivity contribution >= 4 is 8.07 Å². The SMILES string of the molecule is C[Si](C)(C)CC12CC3C[C@]4(C1)C[C@@]4(C3)C2. The van der Waals surface area contributed by atoms with Gasteiger partial charge in [-0.25, -0.2) is 0 Å². The summed E-state index contributed by atoms with van der Waals surface area (Å²) >= 11 is 0. The maximum absolute atomic E-state index is 2.58. The quantitative estimate of drug-likeness (QED) is 0.609. The first-order valence-electron chi connectivity index (χ1n) is 6.86. The van der Waals surface area contributed by atoms with Crippen LogP contribution in [0.5, 0.6) is 0 Å². The molecular weight excluding hydrogens is 196 g/mol. The first-order chi connectivity index (χ1) is 6.86. The molecule has 0 nitrogen and oxygen atoms in total. The summed E-state index contributed by atoms with van der Waals surface area (Å²) in [5.41, 5.74) is 2.72. The van der Waals surface area contributed by atoms with E-state index in [1.54, 1.807) is 44.6 Å². The second kappa shape index (κ2) is 2.12. The van der Waals surface area contributed by atoms with Gasteiger partial charge in [-0.15, -0.1) is 0 Å². The van der Waals surface area contributed by atoms with Crippen molar-refractivity contribution < 1.29 is 0 Å². The van der Waals surface area contributed by atoms with Gasteiger partial charge in [-0.3, -0.25) is 0 Å². The van der Waals surface area contributed by atoms with E-state index in [0.717, 1.165) is 22.2 Å². The lowest BCUT2D eigenvalue weighted by atomic mass is 9.65. The summed E-state index contributed by atoms with van der Waals surface area (Å²) in [4.78, 5) is 0. The summed E-state index contributed by atoms with van der Waals surface area (Å²) in [5.74, 6) is 1.16. The maximum Gasteiger partial charge on any atom is 0.0448 e. The zero-order chi connectivity index (χ0) is 10.5. The Labute approximate surface area is 94.8 Å². The molecule has 5 aliphatic rings.